The molecule has 1 unspecified atom stereocenters. The maximum absolute atomic E-state index is 13.0. The van der Waals surface area contributed by atoms with E-state index in [-0.39, 0.29) is 22.6 Å². The highest BCUT2D eigenvalue weighted by Gasteiger charge is 2.37. The van der Waals surface area contributed by atoms with Gasteiger partial charge in [-0.2, -0.15) is 0 Å². The van der Waals surface area contributed by atoms with Gasteiger partial charge in [0, 0.05) is 18.7 Å². The number of carbonyl (C=O) groups excluding carboxylic acids is 4. The highest BCUT2D eigenvalue weighted by atomic mass is 16.5. The van der Waals surface area contributed by atoms with Crippen molar-refractivity contribution >= 4 is 29.3 Å². The monoisotopic (exact) mass is 451 g/mol. The van der Waals surface area contributed by atoms with Crippen molar-refractivity contribution in [2.75, 3.05) is 37.8 Å². The Morgan fingerprint density at radius 2 is 1.70 bits per heavy atom. The number of benzene rings is 2. The Morgan fingerprint density at radius 1 is 1.03 bits per heavy atom. The van der Waals surface area contributed by atoms with Crippen LogP contribution in [0.15, 0.2) is 42.5 Å². The molecule has 0 aliphatic carbocycles. The number of imide groups is 1. The van der Waals surface area contributed by atoms with Crippen molar-refractivity contribution in [3.8, 4) is 5.75 Å². The molecule has 4 amide bonds. The van der Waals surface area contributed by atoms with Gasteiger partial charge in [-0.15, -0.1) is 0 Å². The quantitative estimate of drug-likeness (QED) is 0.673. The number of nitrogens with zero attached hydrogens (tertiary/aromatic N) is 2. The van der Waals surface area contributed by atoms with Gasteiger partial charge in [-0.05, 0) is 56.3 Å². The number of amides is 4. The molecule has 0 saturated carbocycles. The van der Waals surface area contributed by atoms with Crippen LogP contribution in [0, 0.1) is 0 Å². The van der Waals surface area contributed by atoms with Gasteiger partial charge in [0.15, 0.2) is 0 Å². The van der Waals surface area contributed by atoms with E-state index in [0.29, 0.717) is 44.3 Å². The lowest BCUT2D eigenvalue weighted by Crippen LogP contribution is -2.50. The first-order valence-corrected chi connectivity index (χ1v) is 10.8. The van der Waals surface area contributed by atoms with Crippen LogP contribution in [0.4, 0.5) is 5.69 Å². The minimum atomic E-state index is -0.735. The van der Waals surface area contributed by atoms with Gasteiger partial charge in [-0.25, -0.2) is 4.90 Å². The molecule has 1 N–H and O–H groups in total. The maximum atomic E-state index is 13.0. The number of carbonyl (C=O) groups is 4. The van der Waals surface area contributed by atoms with Crippen molar-refractivity contribution in [3.05, 3.63) is 59.2 Å². The second-order valence-electron chi connectivity index (χ2n) is 7.77. The lowest BCUT2D eigenvalue weighted by molar-refractivity contribution is -0.136. The Kier molecular flexibility index (Phi) is 6.41. The van der Waals surface area contributed by atoms with E-state index in [1.165, 1.54) is 18.2 Å². The van der Waals surface area contributed by atoms with E-state index in [9.17, 15) is 19.2 Å². The number of anilines is 1. The van der Waals surface area contributed by atoms with Crippen molar-refractivity contribution < 1.29 is 28.7 Å². The minimum Gasteiger partial charge on any atom is -0.494 e. The molecule has 9 nitrogen and oxygen atoms in total. The number of fused-ring (bicyclic) bond motifs is 1. The smallest absolute Gasteiger partial charge is 0.266 e. The van der Waals surface area contributed by atoms with Gasteiger partial charge in [0.25, 0.3) is 17.7 Å². The summed E-state index contributed by atoms with van der Waals surface area (Å²) in [4.78, 5) is 53.9. The van der Waals surface area contributed by atoms with Gasteiger partial charge in [-0.1, -0.05) is 0 Å². The molecule has 2 aliphatic rings. The molecule has 0 bridgehead atoms. The topological polar surface area (TPSA) is 105 Å². The van der Waals surface area contributed by atoms with E-state index in [4.69, 9.17) is 9.47 Å². The van der Waals surface area contributed by atoms with E-state index < -0.39 is 23.8 Å². The zero-order valence-corrected chi connectivity index (χ0v) is 18.5. The third kappa shape index (κ3) is 4.45. The second kappa shape index (κ2) is 9.41. The van der Waals surface area contributed by atoms with Gasteiger partial charge in [-0.3, -0.25) is 19.2 Å². The van der Waals surface area contributed by atoms with Crippen LogP contribution in [-0.2, 0) is 9.53 Å². The van der Waals surface area contributed by atoms with Crippen LogP contribution in [0.2, 0.25) is 0 Å². The fourth-order valence-electron chi connectivity index (χ4n) is 3.87. The normalized spacial score (nSPS) is 16.4. The first-order chi connectivity index (χ1) is 15.9. The van der Waals surface area contributed by atoms with Gasteiger partial charge >= 0.3 is 0 Å². The van der Waals surface area contributed by atoms with E-state index in [1.54, 1.807) is 36.1 Å². The van der Waals surface area contributed by atoms with Crippen LogP contribution in [0.25, 0.3) is 0 Å². The maximum Gasteiger partial charge on any atom is 0.266 e. The Labute approximate surface area is 191 Å². The molecule has 2 aromatic carbocycles. The van der Waals surface area contributed by atoms with E-state index in [2.05, 4.69) is 5.32 Å². The van der Waals surface area contributed by atoms with Gasteiger partial charge in [0.1, 0.15) is 11.8 Å². The fraction of sp³-hybridized carbons (Fsp3) is 0.333. The zero-order chi connectivity index (χ0) is 23.5. The Balaban J connectivity index is 1.49. The molecule has 0 radical (unpaired) electrons. The number of morpholine rings is 1. The second-order valence-corrected chi connectivity index (χ2v) is 7.77. The Morgan fingerprint density at radius 3 is 2.36 bits per heavy atom. The molecule has 2 heterocycles. The highest BCUT2D eigenvalue weighted by Crippen LogP contribution is 2.30. The SMILES string of the molecule is CCOc1ccc(N2C(=O)c3ccc(C(=O)NC(C)C(=O)N4CCOCC4)cc3C2=O)cc1. The summed E-state index contributed by atoms with van der Waals surface area (Å²) >= 11 is 0. The molecule has 4 rings (SSSR count). The van der Waals surface area contributed by atoms with Crippen molar-refractivity contribution in [1.82, 2.24) is 10.2 Å². The molecule has 0 spiro atoms. The van der Waals surface area contributed by atoms with Crippen LogP contribution in [-0.4, -0.2) is 67.5 Å². The van der Waals surface area contributed by atoms with Crippen LogP contribution >= 0.6 is 0 Å². The molecular formula is C24H25N3O6. The lowest BCUT2D eigenvalue weighted by Gasteiger charge is -2.29. The van der Waals surface area contributed by atoms with Crippen molar-refractivity contribution in [2.24, 2.45) is 0 Å². The van der Waals surface area contributed by atoms with Crippen molar-refractivity contribution in [1.29, 1.82) is 0 Å². The van der Waals surface area contributed by atoms with Gasteiger partial charge < -0.3 is 19.7 Å². The number of hydrogen-bond acceptors (Lipinski definition) is 6. The summed E-state index contributed by atoms with van der Waals surface area (Å²) in [5.74, 6) is -1.02. The average molecular weight is 451 g/mol. The first-order valence-electron chi connectivity index (χ1n) is 10.8. The summed E-state index contributed by atoms with van der Waals surface area (Å²) in [6, 6.07) is 10.3. The predicted octanol–water partition coefficient (Wildman–Crippen LogP) is 1.86. The molecule has 0 aromatic heterocycles. The molecular weight excluding hydrogens is 426 g/mol. The first kappa shape index (κ1) is 22.5. The summed E-state index contributed by atoms with van der Waals surface area (Å²) in [5.41, 5.74) is 0.988. The van der Waals surface area contributed by atoms with E-state index in [1.807, 2.05) is 6.92 Å². The molecule has 2 aliphatic heterocycles. The largest absolute Gasteiger partial charge is 0.494 e. The summed E-state index contributed by atoms with van der Waals surface area (Å²) in [6.45, 7) is 5.90. The lowest BCUT2D eigenvalue weighted by atomic mass is 10.0. The zero-order valence-electron chi connectivity index (χ0n) is 18.5. The number of ether oxygens (including phenoxy) is 2. The van der Waals surface area contributed by atoms with Crippen LogP contribution in [0.3, 0.4) is 0 Å². The minimum absolute atomic E-state index is 0.147. The van der Waals surface area contributed by atoms with Gasteiger partial charge in [0.2, 0.25) is 5.91 Å². The molecule has 172 valence electrons. The Hall–Kier alpha value is -3.72. The molecule has 1 atom stereocenters. The summed E-state index contributed by atoms with van der Waals surface area (Å²) in [5, 5.41) is 2.68. The highest BCUT2D eigenvalue weighted by molar-refractivity contribution is 6.34. The van der Waals surface area contributed by atoms with E-state index in [0.717, 1.165) is 4.90 Å². The standard InChI is InChI=1S/C24H25N3O6/c1-3-33-18-7-5-17(6-8-18)27-23(30)19-9-4-16(14-20(19)24(27)31)21(28)25-15(2)22(29)26-10-12-32-13-11-26/h4-9,14-15H,3,10-13H2,1-2H3,(H,25,28). The van der Waals surface area contributed by atoms with Gasteiger partial charge in [0.05, 0.1) is 36.6 Å². The third-order valence-electron chi connectivity index (χ3n) is 5.60. The van der Waals surface area contributed by atoms with Crippen LogP contribution in [0.1, 0.15) is 44.9 Å². The predicted molar refractivity (Wildman–Crippen MR) is 120 cm³/mol. The molecule has 1 saturated heterocycles. The Bertz CT molecular complexity index is 1090. The number of rotatable bonds is 6. The van der Waals surface area contributed by atoms with E-state index >= 15 is 0 Å². The summed E-state index contributed by atoms with van der Waals surface area (Å²) < 4.78 is 10.6. The van der Waals surface area contributed by atoms with Crippen LogP contribution < -0.4 is 15.0 Å². The number of hydrogen-bond donors (Lipinski definition) is 1. The fourth-order valence-corrected chi connectivity index (χ4v) is 3.87. The molecule has 2 aromatic rings. The van der Waals surface area contributed by atoms with Crippen molar-refractivity contribution in [3.63, 3.8) is 0 Å². The molecule has 1 fully saturated rings. The third-order valence-corrected chi connectivity index (χ3v) is 5.60. The molecule has 33 heavy (non-hydrogen) atoms. The summed E-state index contributed by atoms with van der Waals surface area (Å²) in [7, 11) is 0. The average Bonchev–Trinajstić information content (AvgIpc) is 3.09. The summed E-state index contributed by atoms with van der Waals surface area (Å²) in [6.07, 6.45) is 0. The van der Waals surface area contributed by atoms with Crippen LogP contribution in [0.5, 0.6) is 5.75 Å². The molecule has 9 heteroatoms. The number of nitrogens with one attached hydrogen (secondary N) is 1. The van der Waals surface area contributed by atoms with Crippen molar-refractivity contribution in [2.45, 2.75) is 19.9 Å².